The summed E-state index contributed by atoms with van der Waals surface area (Å²) in [7, 11) is 1.33. The third-order valence-electron chi connectivity index (χ3n) is 2.06. The molecule has 17 heavy (non-hydrogen) atoms. The zero-order chi connectivity index (χ0) is 12.7. The van der Waals surface area contributed by atoms with Gasteiger partial charge in [0.05, 0.1) is 12.7 Å². The van der Waals surface area contributed by atoms with Gasteiger partial charge in [-0.05, 0) is 23.9 Å². The first-order chi connectivity index (χ1) is 8.17. The summed E-state index contributed by atoms with van der Waals surface area (Å²) in [5.41, 5.74) is 1.36. The molecule has 1 aromatic carbocycles. The van der Waals surface area contributed by atoms with Gasteiger partial charge in [-0.15, -0.1) is 0 Å². The van der Waals surface area contributed by atoms with Crippen molar-refractivity contribution in [2.45, 2.75) is 6.54 Å². The fourth-order valence-corrected chi connectivity index (χ4v) is 1.20. The molecule has 0 unspecified atom stereocenters. The number of carbonyl (C=O) groups is 2. The average molecular weight is 234 g/mol. The molecule has 2 N–H and O–H groups in total. The van der Waals surface area contributed by atoms with E-state index in [0.29, 0.717) is 12.1 Å². The maximum absolute atomic E-state index is 11.2. The molecular weight excluding hydrogens is 220 g/mol. The number of urea groups is 1. The predicted octanol–water partition coefficient (Wildman–Crippen LogP) is 1.42. The second-order valence-corrected chi connectivity index (χ2v) is 3.22. The van der Waals surface area contributed by atoms with E-state index in [1.165, 1.54) is 13.3 Å². The summed E-state index contributed by atoms with van der Waals surface area (Å²) in [6.07, 6.45) is 1.30. The molecule has 0 aliphatic carbocycles. The summed E-state index contributed by atoms with van der Waals surface area (Å²) >= 11 is 0. The Hall–Kier alpha value is -2.30. The first-order valence-corrected chi connectivity index (χ1v) is 5.00. The summed E-state index contributed by atoms with van der Waals surface area (Å²) < 4.78 is 4.58. The summed E-state index contributed by atoms with van der Waals surface area (Å²) in [4.78, 5) is 22.2. The van der Waals surface area contributed by atoms with Crippen LogP contribution in [-0.2, 0) is 11.3 Å². The highest BCUT2D eigenvalue weighted by atomic mass is 16.5. The van der Waals surface area contributed by atoms with Crippen LogP contribution >= 0.6 is 0 Å². The number of methoxy groups -OCH3 is 1. The van der Waals surface area contributed by atoms with Crippen LogP contribution in [0.1, 0.15) is 15.9 Å². The van der Waals surface area contributed by atoms with Crippen LogP contribution in [0.4, 0.5) is 4.79 Å². The summed E-state index contributed by atoms with van der Waals surface area (Å²) in [5.74, 6) is -0.381. The zero-order valence-corrected chi connectivity index (χ0v) is 9.53. The van der Waals surface area contributed by atoms with Gasteiger partial charge in [-0.2, -0.15) is 0 Å². The Morgan fingerprint density at radius 2 is 2.00 bits per heavy atom. The molecule has 0 aliphatic rings. The van der Waals surface area contributed by atoms with Crippen LogP contribution in [0.3, 0.4) is 0 Å². The Labute approximate surface area is 99.5 Å². The van der Waals surface area contributed by atoms with E-state index >= 15 is 0 Å². The van der Waals surface area contributed by atoms with Crippen molar-refractivity contribution in [3.05, 3.63) is 48.2 Å². The van der Waals surface area contributed by atoms with Crippen LogP contribution in [0.15, 0.2) is 37.0 Å². The number of amides is 2. The molecule has 0 saturated heterocycles. The third kappa shape index (κ3) is 3.98. The van der Waals surface area contributed by atoms with Gasteiger partial charge >= 0.3 is 12.0 Å². The normalized spacial score (nSPS) is 9.24. The topological polar surface area (TPSA) is 67.4 Å². The molecule has 90 valence electrons. The van der Waals surface area contributed by atoms with Crippen molar-refractivity contribution in [2.75, 3.05) is 7.11 Å². The molecular formula is C12H14N2O3. The Morgan fingerprint density at radius 3 is 2.53 bits per heavy atom. The minimum Gasteiger partial charge on any atom is -0.465 e. The lowest BCUT2D eigenvalue weighted by molar-refractivity contribution is 0.0600. The van der Waals surface area contributed by atoms with E-state index in [1.807, 2.05) is 0 Å². The van der Waals surface area contributed by atoms with Crippen molar-refractivity contribution in [3.8, 4) is 0 Å². The van der Waals surface area contributed by atoms with Crippen LogP contribution in [-0.4, -0.2) is 19.1 Å². The van der Waals surface area contributed by atoms with E-state index in [2.05, 4.69) is 21.9 Å². The number of hydrogen-bond acceptors (Lipinski definition) is 3. The van der Waals surface area contributed by atoms with E-state index in [1.54, 1.807) is 24.3 Å². The molecule has 1 aromatic rings. The largest absolute Gasteiger partial charge is 0.465 e. The smallest absolute Gasteiger partial charge is 0.337 e. The van der Waals surface area contributed by atoms with Crippen LogP contribution in [0, 0.1) is 0 Å². The number of hydrogen-bond donors (Lipinski definition) is 2. The lowest BCUT2D eigenvalue weighted by Crippen LogP contribution is -2.31. The Morgan fingerprint density at radius 1 is 1.35 bits per heavy atom. The van der Waals surface area contributed by atoms with Gasteiger partial charge in [0, 0.05) is 6.54 Å². The van der Waals surface area contributed by atoms with Crippen LogP contribution < -0.4 is 10.6 Å². The Balaban J connectivity index is 2.54. The van der Waals surface area contributed by atoms with Crippen molar-refractivity contribution in [2.24, 2.45) is 0 Å². The SMILES string of the molecule is C=CNC(=O)NCc1ccc(C(=O)OC)cc1. The van der Waals surface area contributed by atoms with Gasteiger partial charge in [0.25, 0.3) is 0 Å². The van der Waals surface area contributed by atoms with Crippen molar-refractivity contribution in [3.63, 3.8) is 0 Å². The molecule has 0 saturated carbocycles. The second-order valence-electron chi connectivity index (χ2n) is 3.22. The van der Waals surface area contributed by atoms with Crippen LogP contribution in [0.5, 0.6) is 0 Å². The summed E-state index contributed by atoms with van der Waals surface area (Å²) in [6, 6.07) is 6.47. The fraction of sp³-hybridized carbons (Fsp3) is 0.167. The standard InChI is InChI=1S/C12H14N2O3/c1-3-13-12(16)14-8-9-4-6-10(7-5-9)11(15)17-2/h3-7H,1,8H2,2H3,(H2,13,14,16). The second kappa shape index (κ2) is 6.32. The van der Waals surface area contributed by atoms with Crippen molar-refractivity contribution in [1.29, 1.82) is 0 Å². The minimum absolute atomic E-state index is 0.322. The van der Waals surface area contributed by atoms with E-state index in [9.17, 15) is 9.59 Å². The van der Waals surface area contributed by atoms with Gasteiger partial charge in [0.2, 0.25) is 0 Å². The van der Waals surface area contributed by atoms with E-state index < -0.39 is 0 Å². The van der Waals surface area contributed by atoms with Crippen molar-refractivity contribution < 1.29 is 14.3 Å². The summed E-state index contributed by atoms with van der Waals surface area (Å²) in [6.45, 7) is 3.75. The highest BCUT2D eigenvalue weighted by molar-refractivity contribution is 5.89. The number of esters is 1. The molecule has 0 atom stereocenters. The molecule has 0 aliphatic heterocycles. The van der Waals surface area contributed by atoms with Gasteiger partial charge in [0.1, 0.15) is 0 Å². The maximum atomic E-state index is 11.2. The molecule has 0 spiro atoms. The number of carbonyl (C=O) groups excluding carboxylic acids is 2. The first kappa shape index (κ1) is 12.8. The number of nitrogens with one attached hydrogen (secondary N) is 2. The van der Waals surface area contributed by atoms with Gasteiger partial charge in [0.15, 0.2) is 0 Å². The molecule has 2 amide bonds. The van der Waals surface area contributed by atoms with E-state index in [4.69, 9.17) is 0 Å². The van der Waals surface area contributed by atoms with Gasteiger partial charge < -0.3 is 15.4 Å². The molecule has 0 fully saturated rings. The molecule has 0 heterocycles. The molecule has 0 radical (unpaired) electrons. The Bertz CT molecular complexity index is 412. The van der Waals surface area contributed by atoms with Crippen molar-refractivity contribution >= 4 is 12.0 Å². The number of benzene rings is 1. The van der Waals surface area contributed by atoms with Crippen LogP contribution in [0.25, 0.3) is 0 Å². The molecule has 0 aromatic heterocycles. The lowest BCUT2D eigenvalue weighted by Gasteiger charge is -2.05. The summed E-state index contributed by atoms with van der Waals surface area (Å²) in [5, 5.41) is 5.02. The molecule has 0 bridgehead atoms. The van der Waals surface area contributed by atoms with E-state index in [0.717, 1.165) is 5.56 Å². The number of ether oxygens (including phenoxy) is 1. The zero-order valence-electron chi connectivity index (χ0n) is 9.53. The minimum atomic E-state index is -0.381. The molecule has 1 rings (SSSR count). The quantitative estimate of drug-likeness (QED) is 0.774. The maximum Gasteiger partial charge on any atom is 0.337 e. The molecule has 5 nitrogen and oxygen atoms in total. The van der Waals surface area contributed by atoms with E-state index in [-0.39, 0.29) is 12.0 Å². The monoisotopic (exact) mass is 234 g/mol. The van der Waals surface area contributed by atoms with Gasteiger partial charge in [-0.3, -0.25) is 0 Å². The number of rotatable bonds is 4. The van der Waals surface area contributed by atoms with Gasteiger partial charge in [-0.25, -0.2) is 9.59 Å². The lowest BCUT2D eigenvalue weighted by atomic mass is 10.1. The fourth-order valence-electron chi connectivity index (χ4n) is 1.20. The van der Waals surface area contributed by atoms with Crippen LogP contribution in [0.2, 0.25) is 0 Å². The average Bonchev–Trinajstić information content (AvgIpc) is 2.36. The Kier molecular flexibility index (Phi) is 4.75. The third-order valence-corrected chi connectivity index (χ3v) is 2.06. The predicted molar refractivity (Wildman–Crippen MR) is 63.3 cm³/mol. The van der Waals surface area contributed by atoms with Gasteiger partial charge in [-0.1, -0.05) is 18.7 Å². The first-order valence-electron chi connectivity index (χ1n) is 5.00. The van der Waals surface area contributed by atoms with Crippen molar-refractivity contribution in [1.82, 2.24) is 10.6 Å². The molecule has 5 heteroatoms. The highest BCUT2D eigenvalue weighted by Gasteiger charge is 2.04. The highest BCUT2D eigenvalue weighted by Crippen LogP contribution is 2.05.